The molecule has 7 heteroatoms. The molecule has 1 aliphatic heterocycles. The summed E-state index contributed by atoms with van der Waals surface area (Å²) in [5, 5.41) is 10.9. The van der Waals surface area contributed by atoms with Crippen molar-refractivity contribution < 1.29 is 14.5 Å². The molecule has 0 saturated heterocycles. The quantitative estimate of drug-likeness (QED) is 0.404. The Morgan fingerprint density at radius 2 is 1.96 bits per heavy atom. The first-order valence-corrected chi connectivity index (χ1v) is 9.76. The number of hydrogen-bond acceptors (Lipinski definition) is 6. The molecular formula is C19H15NO4S2. The standard InChI is InChI=1S/C19H15NO4S2/c21-16-10-18(13-5-2-1-3-6-13)26-19(11-16)25-12-17(22)14-7-4-8-15(9-14)20(23)24/h1-9,11,18H,10,12H2/t18-/m1/s1. The van der Waals surface area contributed by atoms with Crippen molar-refractivity contribution in [3.05, 3.63) is 86.2 Å². The number of carbonyl (C=O) groups excluding carboxylic acids is 2. The van der Waals surface area contributed by atoms with Gasteiger partial charge in [-0.05, 0) is 5.56 Å². The van der Waals surface area contributed by atoms with Crippen molar-refractivity contribution >= 4 is 40.8 Å². The highest BCUT2D eigenvalue weighted by molar-refractivity contribution is 8.22. The van der Waals surface area contributed by atoms with Crippen LogP contribution in [0.4, 0.5) is 5.69 Å². The van der Waals surface area contributed by atoms with Crippen molar-refractivity contribution in [2.24, 2.45) is 0 Å². The third kappa shape index (κ3) is 4.62. The van der Waals surface area contributed by atoms with Crippen LogP contribution in [0.15, 0.2) is 64.9 Å². The molecule has 0 saturated carbocycles. The zero-order chi connectivity index (χ0) is 18.5. The van der Waals surface area contributed by atoms with Gasteiger partial charge in [0.05, 0.1) is 10.7 Å². The van der Waals surface area contributed by atoms with E-state index in [1.165, 1.54) is 30.0 Å². The molecular weight excluding hydrogens is 370 g/mol. The van der Waals surface area contributed by atoms with Gasteiger partial charge in [-0.3, -0.25) is 19.7 Å². The Morgan fingerprint density at radius 3 is 2.69 bits per heavy atom. The van der Waals surface area contributed by atoms with Crippen molar-refractivity contribution in [2.75, 3.05) is 5.75 Å². The van der Waals surface area contributed by atoms with Crippen LogP contribution >= 0.6 is 23.5 Å². The van der Waals surface area contributed by atoms with Gasteiger partial charge in [0.15, 0.2) is 11.6 Å². The lowest BCUT2D eigenvalue weighted by Gasteiger charge is -2.21. The maximum Gasteiger partial charge on any atom is 0.270 e. The van der Waals surface area contributed by atoms with Crippen LogP contribution in [0.3, 0.4) is 0 Å². The summed E-state index contributed by atoms with van der Waals surface area (Å²) in [5.41, 5.74) is 1.28. The molecule has 0 aliphatic carbocycles. The molecule has 0 bridgehead atoms. The van der Waals surface area contributed by atoms with Gasteiger partial charge in [-0.25, -0.2) is 0 Å². The fraction of sp³-hybridized carbons (Fsp3) is 0.158. The summed E-state index contributed by atoms with van der Waals surface area (Å²) >= 11 is 2.88. The van der Waals surface area contributed by atoms with Gasteiger partial charge < -0.3 is 0 Å². The first-order chi connectivity index (χ1) is 12.5. The number of thioether (sulfide) groups is 2. The molecule has 3 rings (SSSR count). The van der Waals surface area contributed by atoms with Crippen LogP contribution in [0.5, 0.6) is 0 Å². The third-order valence-corrected chi connectivity index (χ3v) is 6.34. The van der Waals surface area contributed by atoms with Crippen molar-refractivity contribution in [2.45, 2.75) is 11.7 Å². The first kappa shape index (κ1) is 18.4. The SMILES string of the molecule is O=C1C=C(SCC(=O)c2cccc([N+](=O)[O-])c2)S[C@@H](c2ccccc2)C1. The summed E-state index contributed by atoms with van der Waals surface area (Å²) in [6.45, 7) is 0. The topological polar surface area (TPSA) is 77.3 Å². The average Bonchev–Trinajstić information content (AvgIpc) is 2.66. The Kier molecular flexibility index (Phi) is 5.90. The third-order valence-electron chi connectivity index (χ3n) is 3.82. The summed E-state index contributed by atoms with van der Waals surface area (Å²) in [4.78, 5) is 34.7. The Labute approximate surface area is 159 Å². The number of benzene rings is 2. The Bertz CT molecular complexity index is 880. The van der Waals surface area contributed by atoms with Gasteiger partial charge in [-0.15, -0.1) is 23.5 Å². The molecule has 2 aromatic carbocycles. The second-order valence-electron chi connectivity index (χ2n) is 5.67. The number of non-ortho nitro benzene ring substituents is 1. The lowest BCUT2D eigenvalue weighted by Crippen LogP contribution is -2.09. The number of Topliss-reactive ketones (excluding diaryl/α,β-unsaturated/α-hetero) is 1. The molecule has 0 spiro atoms. The maximum atomic E-state index is 12.3. The summed E-state index contributed by atoms with van der Waals surface area (Å²) in [6.07, 6.45) is 2.02. The minimum atomic E-state index is -0.521. The second kappa shape index (κ2) is 8.33. The normalized spacial score (nSPS) is 16.8. The number of ketones is 2. The highest BCUT2D eigenvalue weighted by atomic mass is 32.2. The number of rotatable bonds is 6. The second-order valence-corrected chi connectivity index (χ2v) is 8.19. The molecule has 0 radical (unpaired) electrons. The van der Waals surface area contributed by atoms with E-state index >= 15 is 0 Å². The van der Waals surface area contributed by atoms with E-state index < -0.39 is 4.92 Å². The minimum absolute atomic E-state index is 0.0444. The van der Waals surface area contributed by atoms with E-state index in [0.717, 1.165) is 9.80 Å². The van der Waals surface area contributed by atoms with Crippen LogP contribution in [0.2, 0.25) is 0 Å². The van der Waals surface area contributed by atoms with Crippen LogP contribution in [0, 0.1) is 10.1 Å². The van der Waals surface area contributed by atoms with Gasteiger partial charge in [0.25, 0.3) is 5.69 Å². The number of nitro benzene ring substituents is 1. The minimum Gasteiger partial charge on any atom is -0.295 e. The molecule has 1 atom stereocenters. The van der Waals surface area contributed by atoms with Crippen molar-refractivity contribution in [3.8, 4) is 0 Å². The summed E-state index contributed by atoms with van der Waals surface area (Å²) in [5.74, 6) is -0.0215. The van der Waals surface area contributed by atoms with Crippen LogP contribution in [0.25, 0.3) is 0 Å². The lowest BCUT2D eigenvalue weighted by atomic mass is 10.1. The monoisotopic (exact) mass is 385 g/mol. The number of allylic oxidation sites excluding steroid dienone is 1. The highest BCUT2D eigenvalue weighted by Gasteiger charge is 2.24. The molecule has 1 aliphatic rings. The zero-order valence-corrected chi connectivity index (χ0v) is 15.3. The van der Waals surface area contributed by atoms with Gasteiger partial charge in [-0.1, -0.05) is 42.5 Å². The fourth-order valence-electron chi connectivity index (χ4n) is 2.53. The maximum absolute atomic E-state index is 12.3. The van der Waals surface area contributed by atoms with E-state index in [2.05, 4.69) is 0 Å². The molecule has 1 heterocycles. The van der Waals surface area contributed by atoms with Crippen LogP contribution in [-0.2, 0) is 4.79 Å². The van der Waals surface area contributed by atoms with Crippen molar-refractivity contribution in [1.29, 1.82) is 0 Å². The zero-order valence-electron chi connectivity index (χ0n) is 13.7. The lowest BCUT2D eigenvalue weighted by molar-refractivity contribution is -0.384. The largest absolute Gasteiger partial charge is 0.295 e. The molecule has 0 fully saturated rings. The number of nitrogens with zero attached hydrogens (tertiary/aromatic N) is 1. The van der Waals surface area contributed by atoms with Crippen molar-refractivity contribution in [1.82, 2.24) is 0 Å². The van der Waals surface area contributed by atoms with Gasteiger partial charge in [0, 0.05) is 39.7 Å². The molecule has 5 nitrogen and oxygen atoms in total. The van der Waals surface area contributed by atoms with E-state index in [1.807, 2.05) is 30.3 Å². The fourth-order valence-corrected chi connectivity index (χ4v) is 5.00. The van der Waals surface area contributed by atoms with Gasteiger partial charge in [0.1, 0.15) is 0 Å². The highest BCUT2D eigenvalue weighted by Crippen LogP contribution is 2.45. The van der Waals surface area contributed by atoms with Crippen LogP contribution in [-0.4, -0.2) is 22.2 Å². The van der Waals surface area contributed by atoms with E-state index in [4.69, 9.17) is 0 Å². The van der Waals surface area contributed by atoms with E-state index in [-0.39, 0.29) is 28.3 Å². The summed E-state index contributed by atoms with van der Waals surface area (Å²) in [6, 6.07) is 15.5. The molecule has 132 valence electrons. The first-order valence-electron chi connectivity index (χ1n) is 7.89. The Morgan fingerprint density at radius 1 is 1.19 bits per heavy atom. The predicted molar refractivity (Wildman–Crippen MR) is 104 cm³/mol. The van der Waals surface area contributed by atoms with Gasteiger partial charge in [-0.2, -0.15) is 0 Å². The summed E-state index contributed by atoms with van der Waals surface area (Å²) in [7, 11) is 0. The predicted octanol–water partition coefficient (Wildman–Crippen LogP) is 4.80. The van der Waals surface area contributed by atoms with E-state index in [1.54, 1.807) is 23.9 Å². The van der Waals surface area contributed by atoms with E-state index in [0.29, 0.717) is 12.0 Å². The molecule has 26 heavy (non-hydrogen) atoms. The van der Waals surface area contributed by atoms with Crippen LogP contribution in [0.1, 0.15) is 27.6 Å². The molecule has 0 amide bonds. The average molecular weight is 385 g/mol. The molecule has 0 unspecified atom stereocenters. The molecule has 2 aromatic rings. The van der Waals surface area contributed by atoms with Gasteiger partial charge in [0.2, 0.25) is 0 Å². The van der Waals surface area contributed by atoms with E-state index in [9.17, 15) is 19.7 Å². The number of hydrogen-bond donors (Lipinski definition) is 0. The van der Waals surface area contributed by atoms with Crippen molar-refractivity contribution in [3.63, 3.8) is 0 Å². The summed E-state index contributed by atoms with van der Waals surface area (Å²) < 4.78 is 0.800. The van der Waals surface area contributed by atoms with Crippen LogP contribution < -0.4 is 0 Å². The smallest absolute Gasteiger partial charge is 0.270 e. The number of carbonyl (C=O) groups is 2. The Hall–Kier alpha value is -2.38. The molecule has 0 aromatic heterocycles. The Balaban J connectivity index is 1.65. The number of nitro groups is 1. The van der Waals surface area contributed by atoms with Gasteiger partial charge >= 0.3 is 0 Å². The molecule has 0 N–H and O–H groups in total.